The molecule has 0 bridgehead atoms. The lowest BCUT2D eigenvalue weighted by Gasteiger charge is -2.00. The third-order valence-corrected chi connectivity index (χ3v) is 2.56. The van der Waals surface area contributed by atoms with E-state index in [0.29, 0.717) is 12.1 Å². The van der Waals surface area contributed by atoms with E-state index < -0.39 is 5.97 Å². The van der Waals surface area contributed by atoms with Crippen molar-refractivity contribution < 1.29 is 14.3 Å². The van der Waals surface area contributed by atoms with Gasteiger partial charge in [0.05, 0.1) is 36.2 Å². The zero-order valence-electron chi connectivity index (χ0n) is 8.30. The van der Waals surface area contributed by atoms with Crippen LogP contribution >= 0.6 is 0 Å². The van der Waals surface area contributed by atoms with Gasteiger partial charge < -0.3 is 9.52 Å². The second-order valence-electron chi connectivity index (χ2n) is 3.66. The van der Waals surface area contributed by atoms with E-state index in [1.165, 1.54) is 6.20 Å². The highest BCUT2D eigenvalue weighted by atomic mass is 16.4. The summed E-state index contributed by atoms with van der Waals surface area (Å²) in [6, 6.07) is 1.85. The first-order chi connectivity index (χ1) is 7.74. The molecule has 1 N–H and O–H groups in total. The van der Waals surface area contributed by atoms with Crippen molar-refractivity contribution in [3.05, 3.63) is 35.7 Å². The maximum absolute atomic E-state index is 10.6. The van der Waals surface area contributed by atoms with E-state index in [0.717, 1.165) is 22.7 Å². The van der Waals surface area contributed by atoms with E-state index in [4.69, 9.17) is 9.52 Å². The molecule has 0 aliphatic heterocycles. The number of carboxylic acid groups (broad SMARTS) is 1. The molecule has 0 spiro atoms. The zero-order chi connectivity index (χ0) is 11.1. The number of hydrogen-bond acceptors (Lipinski definition) is 4. The molecule has 2 aromatic heterocycles. The molecule has 0 atom stereocenters. The van der Waals surface area contributed by atoms with Crippen LogP contribution in [-0.2, 0) is 17.6 Å². The predicted octanol–water partition coefficient (Wildman–Crippen LogP) is 1.27. The molecule has 5 nitrogen and oxygen atoms in total. The Labute approximate surface area is 90.8 Å². The van der Waals surface area contributed by atoms with Crippen LogP contribution in [0, 0.1) is 0 Å². The van der Waals surface area contributed by atoms with E-state index in [2.05, 4.69) is 9.97 Å². The van der Waals surface area contributed by atoms with Crippen molar-refractivity contribution >= 4 is 5.97 Å². The summed E-state index contributed by atoms with van der Waals surface area (Å²) in [5, 5.41) is 8.66. The third kappa shape index (κ3) is 1.29. The van der Waals surface area contributed by atoms with Crippen molar-refractivity contribution in [3.63, 3.8) is 0 Å². The van der Waals surface area contributed by atoms with Gasteiger partial charge in [0.2, 0.25) is 0 Å². The molecule has 1 aliphatic carbocycles. The van der Waals surface area contributed by atoms with Crippen LogP contribution in [0.1, 0.15) is 17.1 Å². The molecule has 16 heavy (non-hydrogen) atoms. The van der Waals surface area contributed by atoms with Crippen molar-refractivity contribution in [1.29, 1.82) is 0 Å². The Hall–Kier alpha value is -2.17. The van der Waals surface area contributed by atoms with Gasteiger partial charge in [0.25, 0.3) is 0 Å². The molecular weight excluding hydrogens is 208 g/mol. The number of carbonyl (C=O) groups is 1. The molecule has 2 heterocycles. The molecule has 2 aromatic rings. The number of carboxylic acids is 1. The molecular formula is C11H8N2O3. The van der Waals surface area contributed by atoms with Crippen LogP contribution in [0.25, 0.3) is 11.3 Å². The standard InChI is InChI=1S/C11H8N2O3/c14-10(15)3-6-5-12-11-7-1-2-16-9(7)4-8(11)13-6/h1-2,5H,3-4H2,(H,14,15). The zero-order valence-corrected chi connectivity index (χ0v) is 8.30. The highest BCUT2D eigenvalue weighted by Crippen LogP contribution is 2.34. The highest BCUT2D eigenvalue weighted by Gasteiger charge is 2.24. The molecule has 0 unspecified atom stereocenters. The third-order valence-electron chi connectivity index (χ3n) is 2.56. The van der Waals surface area contributed by atoms with E-state index in [-0.39, 0.29) is 6.42 Å². The summed E-state index contributed by atoms with van der Waals surface area (Å²) < 4.78 is 5.28. The van der Waals surface area contributed by atoms with Gasteiger partial charge in [-0.2, -0.15) is 0 Å². The summed E-state index contributed by atoms with van der Waals surface area (Å²) >= 11 is 0. The minimum atomic E-state index is -0.899. The maximum atomic E-state index is 10.6. The van der Waals surface area contributed by atoms with Crippen LogP contribution in [0.3, 0.4) is 0 Å². The van der Waals surface area contributed by atoms with Gasteiger partial charge in [-0.3, -0.25) is 14.8 Å². The summed E-state index contributed by atoms with van der Waals surface area (Å²) in [7, 11) is 0. The quantitative estimate of drug-likeness (QED) is 0.698. The number of nitrogens with zero attached hydrogens (tertiary/aromatic N) is 2. The Bertz CT molecular complexity index is 574. The molecule has 0 aromatic carbocycles. The minimum Gasteiger partial charge on any atom is -0.481 e. The van der Waals surface area contributed by atoms with Crippen LogP contribution in [-0.4, -0.2) is 21.0 Å². The van der Waals surface area contributed by atoms with Gasteiger partial charge in [0.1, 0.15) is 5.76 Å². The Morgan fingerprint density at radius 2 is 2.44 bits per heavy atom. The molecule has 80 valence electrons. The van der Waals surface area contributed by atoms with Gasteiger partial charge in [-0.05, 0) is 6.07 Å². The molecule has 0 fully saturated rings. The fraction of sp³-hybridized carbons (Fsp3) is 0.182. The highest BCUT2D eigenvalue weighted by molar-refractivity contribution is 5.71. The van der Waals surface area contributed by atoms with Gasteiger partial charge in [0.15, 0.2) is 0 Å². The molecule has 5 heteroatoms. The average molecular weight is 216 g/mol. The minimum absolute atomic E-state index is 0.0956. The number of aromatic nitrogens is 2. The van der Waals surface area contributed by atoms with Gasteiger partial charge in [-0.25, -0.2) is 0 Å². The summed E-state index contributed by atoms with van der Waals surface area (Å²) in [6.45, 7) is 0. The van der Waals surface area contributed by atoms with Crippen molar-refractivity contribution in [1.82, 2.24) is 9.97 Å². The van der Waals surface area contributed by atoms with Crippen LogP contribution in [0.2, 0.25) is 0 Å². The van der Waals surface area contributed by atoms with E-state index in [1.807, 2.05) is 6.07 Å². The topological polar surface area (TPSA) is 76.2 Å². The predicted molar refractivity (Wildman–Crippen MR) is 53.9 cm³/mol. The maximum Gasteiger partial charge on any atom is 0.309 e. The Morgan fingerprint density at radius 1 is 1.56 bits per heavy atom. The van der Waals surface area contributed by atoms with Crippen LogP contribution in [0.15, 0.2) is 22.9 Å². The van der Waals surface area contributed by atoms with Gasteiger partial charge in [0, 0.05) is 11.8 Å². The van der Waals surface area contributed by atoms with Gasteiger partial charge in [-0.15, -0.1) is 0 Å². The summed E-state index contributed by atoms with van der Waals surface area (Å²) in [6.07, 6.45) is 3.63. The molecule has 0 saturated heterocycles. The first kappa shape index (κ1) is 9.08. The Balaban J connectivity index is 2.02. The van der Waals surface area contributed by atoms with E-state index in [1.54, 1.807) is 6.26 Å². The van der Waals surface area contributed by atoms with Crippen molar-refractivity contribution in [3.8, 4) is 11.3 Å². The summed E-state index contributed by atoms with van der Waals surface area (Å²) in [5.41, 5.74) is 3.05. The largest absolute Gasteiger partial charge is 0.481 e. The first-order valence-electron chi connectivity index (χ1n) is 4.87. The summed E-state index contributed by atoms with van der Waals surface area (Å²) in [4.78, 5) is 19.1. The van der Waals surface area contributed by atoms with E-state index >= 15 is 0 Å². The van der Waals surface area contributed by atoms with E-state index in [9.17, 15) is 4.79 Å². The van der Waals surface area contributed by atoms with Crippen LogP contribution < -0.4 is 0 Å². The SMILES string of the molecule is O=C(O)Cc1cnc2c(n1)Cc1occc1-2. The Morgan fingerprint density at radius 3 is 3.25 bits per heavy atom. The molecule has 0 amide bonds. The smallest absolute Gasteiger partial charge is 0.309 e. The fourth-order valence-electron chi connectivity index (χ4n) is 1.90. The number of fused-ring (bicyclic) bond motifs is 3. The summed E-state index contributed by atoms with van der Waals surface area (Å²) in [5.74, 6) is -0.0497. The number of hydrogen-bond donors (Lipinski definition) is 1. The van der Waals surface area contributed by atoms with Crippen LogP contribution in [0.4, 0.5) is 0 Å². The van der Waals surface area contributed by atoms with Crippen LogP contribution in [0.5, 0.6) is 0 Å². The van der Waals surface area contributed by atoms with Crippen molar-refractivity contribution in [2.45, 2.75) is 12.8 Å². The van der Waals surface area contributed by atoms with Gasteiger partial charge in [-0.1, -0.05) is 0 Å². The monoisotopic (exact) mass is 216 g/mol. The lowest BCUT2D eigenvalue weighted by molar-refractivity contribution is -0.136. The molecule has 0 saturated carbocycles. The fourth-order valence-corrected chi connectivity index (χ4v) is 1.90. The molecule has 1 aliphatic rings. The van der Waals surface area contributed by atoms with Crippen molar-refractivity contribution in [2.75, 3.05) is 0 Å². The average Bonchev–Trinajstić information content (AvgIpc) is 2.75. The second kappa shape index (κ2) is 3.16. The first-order valence-corrected chi connectivity index (χ1v) is 4.87. The molecule has 0 radical (unpaired) electrons. The number of furan rings is 1. The number of aliphatic carboxylic acids is 1. The number of rotatable bonds is 2. The Kier molecular flexibility index (Phi) is 1.80. The molecule has 3 rings (SSSR count). The lowest BCUT2D eigenvalue weighted by atomic mass is 10.2. The van der Waals surface area contributed by atoms with Crippen molar-refractivity contribution in [2.24, 2.45) is 0 Å². The second-order valence-corrected chi connectivity index (χ2v) is 3.66. The van der Waals surface area contributed by atoms with Gasteiger partial charge >= 0.3 is 5.97 Å². The normalized spacial score (nSPS) is 12.2. The lowest BCUT2D eigenvalue weighted by Crippen LogP contribution is -2.04.